The normalized spacial score (nSPS) is 11.5. The van der Waals surface area contributed by atoms with E-state index in [1.54, 1.807) is 12.1 Å². The van der Waals surface area contributed by atoms with E-state index >= 15 is 0 Å². The third-order valence-electron chi connectivity index (χ3n) is 5.10. The van der Waals surface area contributed by atoms with Crippen LogP contribution in [0.3, 0.4) is 0 Å². The molecule has 0 spiro atoms. The molecule has 0 bridgehead atoms. The summed E-state index contributed by atoms with van der Waals surface area (Å²) >= 11 is 3.84. The molecule has 0 aromatic heterocycles. The summed E-state index contributed by atoms with van der Waals surface area (Å²) < 4.78 is 11.4. The molecule has 3 aromatic rings. The van der Waals surface area contributed by atoms with Crippen LogP contribution >= 0.6 is 12.6 Å². The Bertz CT molecular complexity index is 1040. The predicted octanol–water partition coefficient (Wildman–Crippen LogP) is 5.61. The van der Waals surface area contributed by atoms with Crippen molar-refractivity contribution in [2.45, 2.75) is 32.2 Å². The van der Waals surface area contributed by atoms with Gasteiger partial charge >= 0.3 is 0 Å². The summed E-state index contributed by atoms with van der Waals surface area (Å²) in [6.07, 6.45) is 1.69. The molecule has 6 heteroatoms. The fourth-order valence-electron chi connectivity index (χ4n) is 3.34. The van der Waals surface area contributed by atoms with Gasteiger partial charge in [0.15, 0.2) is 10.9 Å². The Morgan fingerprint density at radius 3 is 2.12 bits per heavy atom. The second-order valence-corrected chi connectivity index (χ2v) is 8.17. The Morgan fingerprint density at radius 1 is 0.848 bits per heavy atom. The molecule has 0 amide bonds. The van der Waals surface area contributed by atoms with Crippen molar-refractivity contribution >= 4 is 29.2 Å². The molecule has 0 radical (unpaired) electrons. The average Bonchev–Trinajstić information content (AvgIpc) is 2.84. The van der Waals surface area contributed by atoms with Crippen LogP contribution in [-0.2, 0) is 11.2 Å². The van der Waals surface area contributed by atoms with Crippen molar-refractivity contribution < 1.29 is 19.1 Å². The van der Waals surface area contributed by atoms with E-state index in [-0.39, 0.29) is 10.9 Å². The number of ether oxygens (including phenoxy) is 2. The lowest BCUT2D eigenvalue weighted by atomic mass is 10.0. The minimum Gasteiger partial charge on any atom is -0.493 e. The number of hydrogen-bond acceptors (Lipinski definition) is 5. The minimum absolute atomic E-state index is 0.0158. The molecular weight excluding hydrogens is 434 g/mol. The van der Waals surface area contributed by atoms with Crippen LogP contribution in [0.5, 0.6) is 11.5 Å². The van der Waals surface area contributed by atoms with Crippen LogP contribution in [0.15, 0.2) is 78.9 Å². The fourth-order valence-corrected chi connectivity index (χ4v) is 3.45. The first kappa shape index (κ1) is 24.4. The molecule has 0 unspecified atom stereocenters. The molecule has 3 rings (SSSR count). The molecule has 0 aliphatic carbocycles. The van der Waals surface area contributed by atoms with Gasteiger partial charge in [-0.1, -0.05) is 36.4 Å². The van der Waals surface area contributed by atoms with E-state index in [2.05, 4.69) is 17.9 Å². The maximum Gasteiger partial charge on any atom is 0.186 e. The summed E-state index contributed by atoms with van der Waals surface area (Å²) in [6, 6.07) is 24.1. The van der Waals surface area contributed by atoms with Crippen LogP contribution in [0.2, 0.25) is 0 Å². The Morgan fingerprint density at radius 2 is 1.45 bits per heavy atom. The molecule has 0 heterocycles. The minimum atomic E-state index is -0.417. The summed E-state index contributed by atoms with van der Waals surface area (Å²) in [6.45, 7) is 2.94. The molecule has 33 heavy (non-hydrogen) atoms. The zero-order valence-electron chi connectivity index (χ0n) is 18.7. The number of carbonyl (C=O) groups excluding carboxylic acids is 2. The number of rotatable bonds is 13. The average molecular weight is 464 g/mol. The van der Waals surface area contributed by atoms with E-state index < -0.39 is 6.04 Å². The highest BCUT2D eigenvalue weighted by Gasteiger charge is 2.16. The molecule has 1 N–H and O–H groups in total. The lowest BCUT2D eigenvalue weighted by Crippen LogP contribution is -2.26. The first-order chi connectivity index (χ1) is 16.0. The number of aryl methyl sites for hydroxylation is 1. The molecule has 0 saturated carbocycles. The maximum absolute atomic E-state index is 12.9. The maximum atomic E-state index is 12.9. The zero-order valence-corrected chi connectivity index (χ0v) is 19.6. The van der Waals surface area contributed by atoms with Crippen molar-refractivity contribution in [3.63, 3.8) is 0 Å². The van der Waals surface area contributed by atoms with Crippen molar-refractivity contribution in [3.05, 3.63) is 90.0 Å². The van der Waals surface area contributed by atoms with E-state index in [1.807, 2.05) is 73.7 Å². The van der Waals surface area contributed by atoms with Crippen molar-refractivity contribution in [2.75, 3.05) is 18.5 Å². The van der Waals surface area contributed by atoms with Gasteiger partial charge in [-0.3, -0.25) is 9.59 Å². The number of para-hydroxylation sites is 2. The molecular formula is C27H29NO4S. The van der Waals surface area contributed by atoms with Gasteiger partial charge < -0.3 is 14.8 Å². The van der Waals surface area contributed by atoms with Crippen LogP contribution in [0, 0.1) is 0 Å². The van der Waals surface area contributed by atoms with E-state index in [9.17, 15) is 9.59 Å². The Labute approximate surface area is 200 Å². The van der Waals surface area contributed by atoms with Gasteiger partial charge in [-0.2, -0.15) is 0 Å². The smallest absolute Gasteiger partial charge is 0.186 e. The first-order valence-electron chi connectivity index (χ1n) is 11.0. The van der Waals surface area contributed by atoms with Crippen LogP contribution < -0.4 is 14.8 Å². The Balaban J connectivity index is 1.47. The Kier molecular flexibility index (Phi) is 9.39. The summed E-state index contributed by atoms with van der Waals surface area (Å²) in [5.74, 6) is 1.55. The molecule has 1 atom stereocenters. The number of benzene rings is 3. The Hall–Kier alpha value is -3.25. The molecule has 0 saturated heterocycles. The number of ketones is 1. The molecule has 0 aliphatic heterocycles. The van der Waals surface area contributed by atoms with E-state index in [0.717, 1.165) is 23.4 Å². The van der Waals surface area contributed by atoms with Crippen molar-refractivity contribution in [1.82, 2.24) is 0 Å². The van der Waals surface area contributed by atoms with Crippen molar-refractivity contribution in [2.24, 2.45) is 0 Å². The summed E-state index contributed by atoms with van der Waals surface area (Å²) in [7, 11) is 0. The number of carbonyl (C=O) groups is 2. The van der Waals surface area contributed by atoms with Crippen LogP contribution in [0.4, 0.5) is 5.69 Å². The van der Waals surface area contributed by atoms with Gasteiger partial charge in [-0.05, 0) is 61.4 Å². The van der Waals surface area contributed by atoms with Crippen molar-refractivity contribution in [1.29, 1.82) is 0 Å². The number of anilines is 1. The van der Waals surface area contributed by atoms with Gasteiger partial charge in [0.2, 0.25) is 0 Å². The molecule has 172 valence electrons. The van der Waals surface area contributed by atoms with Crippen LogP contribution in [0.1, 0.15) is 35.7 Å². The third-order valence-corrected chi connectivity index (χ3v) is 5.32. The predicted molar refractivity (Wildman–Crippen MR) is 135 cm³/mol. The van der Waals surface area contributed by atoms with Gasteiger partial charge in [-0.25, -0.2) is 0 Å². The largest absolute Gasteiger partial charge is 0.493 e. The van der Waals surface area contributed by atoms with Crippen molar-refractivity contribution in [3.8, 4) is 11.5 Å². The monoisotopic (exact) mass is 463 g/mol. The van der Waals surface area contributed by atoms with Gasteiger partial charge in [0.1, 0.15) is 11.5 Å². The van der Waals surface area contributed by atoms with Gasteiger partial charge in [0.05, 0.1) is 19.3 Å². The number of hydrogen-bond donors (Lipinski definition) is 2. The highest BCUT2D eigenvalue weighted by atomic mass is 32.1. The molecule has 0 aliphatic rings. The number of Topliss-reactive ketones (excluding diaryl/α,β-unsaturated/α-hetero) is 1. The first-order valence-corrected chi connectivity index (χ1v) is 11.5. The van der Waals surface area contributed by atoms with Crippen LogP contribution in [-0.4, -0.2) is 30.2 Å². The molecule has 3 aromatic carbocycles. The second-order valence-electron chi connectivity index (χ2n) is 7.67. The second kappa shape index (κ2) is 12.7. The molecule has 0 fully saturated rings. The topological polar surface area (TPSA) is 64.6 Å². The lowest BCUT2D eigenvalue weighted by Gasteiger charge is -2.17. The van der Waals surface area contributed by atoms with E-state index in [4.69, 9.17) is 9.47 Å². The number of nitrogens with one attached hydrogen (secondary N) is 1. The highest BCUT2D eigenvalue weighted by Crippen LogP contribution is 2.20. The molecule has 5 nitrogen and oxygen atoms in total. The van der Waals surface area contributed by atoms with Crippen LogP contribution in [0.25, 0.3) is 0 Å². The summed E-state index contributed by atoms with van der Waals surface area (Å²) in [5.41, 5.74) is 2.45. The highest BCUT2D eigenvalue weighted by molar-refractivity contribution is 7.96. The summed E-state index contributed by atoms with van der Waals surface area (Å²) in [5, 5.41) is 3.13. The SMILES string of the molecule is C[C@H](Nc1ccccc1CCC(=O)S)C(=O)c1ccc(OCCCOc2ccccc2)cc1. The zero-order chi connectivity index (χ0) is 23.5. The van der Waals surface area contributed by atoms with E-state index in [0.29, 0.717) is 37.4 Å². The van der Waals surface area contributed by atoms with Gasteiger partial charge in [0, 0.05) is 24.1 Å². The number of thiol groups is 1. The standard InChI is InChI=1S/C27H29NO4S/c1-20(28-25-11-6-5-8-21(25)14-17-26(29)33)27(30)22-12-15-24(16-13-22)32-19-7-18-31-23-9-3-2-4-10-23/h2-6,8-13,15-16,20,28H,7,14,17-19H2,1H3,(H,29,33)/t20-/m0/s1. The lowest BCUT2D eigenvalue weighted by molar-refractivity contribution is -0.110. The van der Waals surface area contributed by atoms with Gasteiger partial charge in [0.25, 0.3) is 0 Å². The van der Waals surface area contributed by atoms with Gasteiger partial charge in [-0.15, -0.1) is 12.6 Å². The van der Waals surface area contributed by atoms with E-state index in [1.165, 1.54) is 0 Å². The quantitative estimate of drug-likeness (QED) is 0.196. The fraction of sp³-hybridized carbons (Fsp3) is 0.259. The third kappa shape index (κ3) is 7.99. The summed E-state index contributed by atoms with van der Waals surface area (Å²) in [4.78, 5) is 24.1.